The zero-order valence-corrected chi connectivity index (χ0v) is 14.0. The monoisotopic (exact) mass is 297 g/mol. The van der Waals surface area contributed by atoms with Crippen LogP contribution in [-0.2, 0) is 0 Å². The van der Waals surface area contributed by atoms with Crippen molar-refractivity contribution in [3.63, 3.8) is 0 Å². The molecule has 0 radical (unpaired) electrons. The molecular weight excluding hydrogens is 275 g/mol. The molecule has 1 rings (SSSR count). The lowest BCUT2D eigenvalue weighted by molar-refractivity contribution is 0.183. The summed E-state index contributed by atoms with van der Waals surface area (Å²) in [7, 11) is 2.19. The van der Waals surface area contributed by atoms with Crippen molar-refractivity contribution in [2.45, 2.75) is 46.7 Å². The van der Waals surface area contributed by atoms with Crippen LogP contribution in [0.15, 0.2) is 11.4 Å². The Morgan fingerprint density at radius 2 is 1.50 bits per heavy atom. The van der Waals surface area contributed by atoms with Gasteiger partial charge in [0, 0.05) is 25.0 Å². The van der Waals surface area contributed by atoms with E-state index in [4.69, 9.17) is 21.0 Å². The molecule has 116 valence electrons. The first-order valence-corrected chi connectivity index (χ1v) is 7.37. The highest BCUT2D eigenvalue weighted by molar-refractivity contribution is 7.05. The smallest absolute Gasteiger partial charge is 0.357 e. The van der Waals surface area contributed by atoms with Crippen LogP contribution in [0.1, 0.15) is 40.5 Å². The maximum Gasteiger partial charge on any atom is 0.383 e. The van der Waals surface area contributed by atoms with Crippen LogP contribution in [0.5, 0.6) is 0 Å². The van der Waals surface area contributed by atoms with E-state index in [1.165, 1.54) is 42.4 Å². The number of hydrogen-bond acceptors (Lipinski definition) is 6. The van der Waals surface area contributed by atoms with E-state index in [0.717, 1.165) is 6.54 Å². The minimum atomic E-state index is -2.72. The quantitative estimate of drug-likeness (QED) is 0.741. The summed E-state index contributed by atoms with van der Waals surface area (Å²) in [6, 6.07) is 0. The first kappa shape index (κ1) is 19.4. The van der Waals surface area contributed by atoms with Crippen LogP contribution in [0.3, 0.4) is 0 Å². The van der Waals surface area contributed by atoms with Gasteiger partial charge in [0.15, 0.2) is 0 Å². The van der Waals surface area contributed by atoms with Gasteiger partial charge in [0.05, 0.1) is 6.17 Å². The van der Waals surface area contributed by atoms with Crippen molar-refractivity contribution in [3.8, 4) is 23.9 Å². The Morgan fingerprint density at radius 1 is 1.05 bits per heavy atom. The third-order valence-corrected chi connectivity index (χ3v) is 3.91. The molecule has 0 bridgehead atoms. The highest BCUT2D eigenvalue weighted by Crippen LogP contribution is 2.29. The summed E-state index contributed by atoms with van der Waals surface area (Å²) >= 11 is 0. The molecule has 0 fully saturated rings. The van der Waals surface area contributed by atoms with Crippen LogP contribution < -0.4 is 0 Å². The van der Waals surface area contributed by atoms with Crippen LogP contribution in [0, 0.1) is 44.9 Å². The molecule has 7 heteroatoms. The third-order valence-electron chi connectivity index (χ3n) is 3.91. The number of nitriles is 4. The predicted molar refractivity (Wildman–Crippen MR) is 85.4 cm³/mol. The second-order valence-electron chi connectivity index (χ2n) is 5.19. The second kappa shape index (κ2) is 8.61. The SMILES string of the molecule is CCCC1=C(C)N(C)C(C)N1CC.N#C[B-](C#N)(C#N)C#N. The molecule has 0 aromatic rings. The molecule has 0 spiro atoms. The van der Waals surface area contributed by atoms with Gasteiger partial charge >= 0.3 is 6.15 Å². The highest BCUT2D eigenvalue weighted by atomic mass is 15.4. The average Bonchev–Trinajstić information content (AvgIpc) is 2.75. The van der Waals surface area contributed by atoms with Gasteiger partial charge < -0.3 is 9.80 Å². The van der Waals surface area contributed by atoms with Crippen molar-refractivity contribution < 1.29 is 0 Å². The van der Waals surface area contributed by atoms with Gasteiger partial charge in [0.1, 0.15) is 0 Å². The van der Waals surface area contributed by atoms with Crippen molar-refractivity contribution >= 4 is 6.15 Å². The maximum absolute atomic E-state index is 8.09. The van der Waals surface area contributed by atoms with Crippen LogP contribution >= 0.6 is 0 Å². The molecule has 0 aliphatic carbocycles. The maximum atomic E-state index is 8.09. The van der Waals surface area contributed by atoms with Crippen molar-refractivity contribution in [2.24, 2.45) is 0 Å². The highest BCUT2D eigenvalue weighted by Gasteiger charge is 2.28. The van der Waals surface area contributed by atoms with E-state index < -0.39 is 6.15 Å². The lowest BCUT2D eigenvalue weighted by atomic mass is 9.30. The molecule has 0 amide bonds. The fourth-order valence-corrected chi connectivity index (χ4v) is 2.32. The predicted octanol–water partition coefficient (Wildman–Crippen LogP) is 2.32. The molecule has 0 aromatic carbocycles. The fourth-order valence-electron chi connectivity index (χ4n) is 2.32. The van der Waals surface area contributed by atoms with Crippen molar-refractivity contribution in [2.75, 3.05) is 13.6 Å². The summed E-state index contributed by atoms with van der Waals surface area (Å²) in [6.45, 7) is 10.1. The molecule has 1 aliphatic rings. The third kappa shape index (κ3) is 3.94. The molecule has 0 aromatic heterocycles. The fraction of sp³-hybridized carbons (Fsp3) is 0.600. The average molecular weight is 297 g/mol. The summed E-state index contributed by atoms with van der Waals surface area (Å²) in [5, 5.41) is 32.3. The summed E-state index contributed by atoms with van der Waals surface area (Å²) < 4.78 is 0. The van der Waals surface area contributed by atoms with Gasteiger partial charge in [-0.15, -0.1) is 23.9 Å². The summed E-state index contributed by atoms with van der Waals surface area (Å²) in [5.41, 5.74) is 3.00. The summed E-state index contributed by atoms with van der Waals surface area (Å²) in [5.74, 6) is 5.38. The first-order valence-electron chi connectivity index (χ1n) is 7.37. The van der Waals surface area contributed by atoms with E-state index in [1.807, 2.05) is 0 Å². The number of nitrogens with zero attached hydrogens (tertiary/aromatic N) is 6. The first-order chi connectivity index (χ1) is 10.4. The number of allylic oxidation sites excluding steroid dienone is 2. The van der Waals surface area contributed by atoms with Crippen LogP contribution in [0.25, 0.3) is 0 Å². The van der Waals surface area contributed by atoms with Gasteiger partial charge in [-0.25, -0.2) is 21.0 Å². The van der Waals surface area contributed by atoms with E-state index in [1.54, 1.807) is 5.70 Å². The van der Waals surface area contributed by atoms with Crippen LogP contribution in [-0.4, -0.2) is 35.7 Å². The van der Waals surface area contributed by atoms with Crippen molar-refractivity contribution in [3.05, 3.63) is 11.4 Å². The van der Waals surface area contributed by atoms with E-state index in [0.29, 0.717) is 6.17 Å². The molecule has 0 saturated carbocycles. The largest absolute Gasteiger partial charge is 0.383 e. The molecule has 22 heavy (non-hydrogen) atoms. The molecule has 1 unspecified atom stereocenters. The standard InChI is InChI=1S/C11H22N2.C4BN4/c1-6-8-11-9(3)12(5)10(4)13(11)7-2;6-1-5(2-7,3-8)4-9/h10H,6-8H2,1-5H3;/q;-1. The zero-order chi connectivity index (χ0) is 17.3. The Kier molecular flexibility index (Phi) is 7.58. The molecule has 0 N–H and O–H groups in total. The van der Waals surface area contributed by atoms with E-state index in [2.05, 4.69) is 44.5 Å². The Morgan fingerprint density at radius 3 is 1.77 bits per heavy atom. The van der Waals surface area contributed by atoms with Gasteiger partial charge in [-0.3, -0.25) is 0 Å². The second-order valence-corrected chi connectivity index (χ2v) is 5.19. The normalized spacial score (nSPS) is 16.9. The van der Waals surface area contributed by atoms with E-state index in [9.17, 15) is 0 Å². The molecule has 6 nitrogen and oxygen atoms in total. The van der Waals surface area contributed by atoms with Gasteiger partial charge in [-0.05, 0) is 27.2 Å². The van der Waals surface area contributed by atoms with E-state index >= 15 is 0 Å². The Bertz CT molecular complexity index is 522. The molecule has 1 atom stereocenters. The van der Waals surface area contributed by atoms with Crippen molar-refractivity contribution in [1.82, 2.24) is 9.80 Å². The van der Waals surface area contributed by atoms with Gasteiger partial charge in [-0.2, -0.15) is 0 Å². The molecule has 1 aliphatic heterocycles. The van der Waals surface area contributed by atoms with Crippen LogP contribution in [0.2, 0.25) is 0 Å². The van der Waals surface area contributed by atoms with E-state index in [-0.39, 0.29) is 0 Å². The molecule has 0 saturated heterocycles. The number of hydrogen-bond donors (Lipinski definition) is 0. The Hall–Kier alpha value is -2.64. The molecular formula is C15H22BN6-. The lowest BCUT2D eigenvalue weighted by Gasteiger charge is -2.28. The summed E-state index contributed by atoms with van der Waals surface area (Å²) in [6.07, 6.45) is 0.282. The topological polar surface area (TPSA) is 102 Å². The molecule has 1 heterocycles. The lowest BCUT2D eigenvalue weighted by Crippen LogP contribution is -2.35. The van der Waals surface area contributed by atoms with Gasteiger partial charge in [-0.1, -0.05) is 13.3 Å². The minimum absolute atomic E-state index is 0.548. The van der Waals surface area contributed by atoms with Crippen LogP contribution in [0.4, 0.5) is 0 Å². The number of rotatable bonds is 3. The Balaban J connectivity index is 0.000000433. The zero-order valence-electron chi connectivity index (χ0n) is 14.0. The van der Waals surface area contributed by atoms with Gasteiger partial charge in [0.25, 0.3) is 0 Å². The summed E-state index contributed by atoms with van der Waals surface area (Å²) in [4.78, 5) is 4.87. The van der Waals surface area contributed by atoms with Gasteiger partial charge in [0.2, 0.25) is 0 Å². The Labute approximate surface area is 133 Å². The van der Waals surface area contributed by atoms with Crippen molar-refractivity contribution in [1.29, 1.82) is 21.0 Å². The minimum Gasteiger partial charge on any atom is -0.357 e.